The van der Waals surface area contributed by atoms with Gasteiger partial charge in [0.15, 0.2) is 0 Å². The van der Waals surface area contributed by atoms with Gasteiger partial charge in [-0.15, -0.1) is 11.3 Å². The summed E-state index contributed by atoms with van der Waals surface area (Å²) in [5.74, 6) is 0.859. The Bertz CT molecular complexity index is 394. The van der Waals surface area contributed by atoms with Gasteiger partial charge < -0.3 is 10.6 Å². The van der Waals surface area contributed by atoms with Crippen LogP contribution in [0, 0.1) is 5.92 Å². The van der Waals surface area contributed by atoms with Crippen LogP contribution in [0.4, 0.5) is 0 Å². The molecule has 2 heterocycles. The van der Waals surface area contributed by atoms with Crippen LogP contribution < -0.4 is 10.6 Å². The van der Waals surface area contributed by atoms with E-state index in [1.165, 1.54) is 12.8 Å². The molecule has 1 aromatic rings. The lowest BCUT2D eigenvalue weighted by Gasteiger charge is -2.25. The summed E-state index contributed by atoms with van der Waals surface area (Å²) in [6.45, 7) is 7.03. The van der Waals surface area contributed by atoms with Crippen molar-refractivity contribution in [3.05, 3.63) is 22.4 Å². The highest BCUT2D eigenvalue weighted by Crippen LogP contribution is 2.27. The maximum absolute atomic E-state index is 12.3. The quantitative estimate of drug-likeness (QED) is 0.870. The molecule has 3 nitrogen and oxygen atoms in total. The highest BCUT2D eigenvalue weighted by molar-refractivity contribution is 7.10. The summed E-state index contributed by atoms with van der Waals surface area (Å²) >= 11 is 1.65. The van der Waals surface area contributed by atoms with E-state index in [1.807, 2.05) is 31.4 Å². The second-order valence-corrected chi connectivity index (χ2v) is 6.81. The highest BCUT2D eigenvalue weighted by atomic mass is 32.1. The first-order valence-electron chi connectivity index (χ1n) is 7.13. The van der Waals surface area contributed by atoms with Crippen LogP contribution in [0.1, 0.15) is 38.0 Å². The Hall–Kier alpha value is -0.870. The molecule has 0 radical (unpaired) electrons. The van der Waals surface area contributed by atoms with Gasteiger partial charge in [0.1, 0.15) is 0 Å². The van der Waals surface area contributed by atoms with Gasteiger partial charge in [0.25, 0.3) is 0 Å². The lowest BCUT2D eigenvalue weighted by molar-refractivity contribution is -0.125. The van der Waals surface area contributed by atoms with Crippen molar-refractivity contribution in [1.82, 2.24) is 10.6 Å². The Morgan fingerprint density at radius 3 is 3.05 bits per heavy atom. The molecule has 1 saturated heterocycles. The number of hydrogen-bond acceptors (Lipinski definition) is 3. The van der Waals surface area contributed by atoms with Crippen molar-refractivity contribution < 1.29 is 4.79 Å². The topological polar surface area (TPSA) is 41.1 Å². The molecule has 1 unspecified atom stereocenters. The standard InChI is InChI=1S/C15H24N2OS/c1-15(2,13-6-4-10-19-13)14(18)17-9-7-12-5-3-8-16-11-12/h4,6,10,12,16H,3,5,7-9,11H2,1-2H3,(H,17,18). The van der Waals surface area contributed by atoms with Crippen molar-refractivity contribution in [2.75, 3.05) is 19.6 Å². The molecular formula is C15H24N2OS. The first-order chi connectivity index (χ1) is 9.10. The average molecular weight is 280 g/mol. The Morgan fingerprint density at radius 1 is 1.58 bits per heavy atom. The van der Waals surface area contributed by atoms with Crippen molar-refractivity contribution in [3.8, 4) is 0 Å². The molecule has 1 aliphatic rings. The Kier molecular flexibility index (Phi) is 4.99. The second kappa shape index (κ2) is 6.53. The maximum Gasteiger partial charge on any atom is 0.230 e. The maximum atomic E-state index is 12.3. The molecule has 0 saturated carbocycles. The van der Waals surface area contributed by atoms with Gasteiger partial charge in [0, 0.05) is 11.4 Å². The third-order valence-electron chi connectivity index (χ3n) is 3.94. The summed E-state index contributed by atoms with van der Waals surface area (Å²) in [6.07, 6.45) is 3.63. The zero-order valence-corrected chi connectivity index (χ0v) is 12.7. The van der Waals surface area contributed by atoms with Crippen LogP contribution in [-0.2, 0) is 10.2 Å². The number of carbonyl (C=O) groups is 1. The smallest absolute Gasteiger partial charge is 0.230 e. The van der Waals surface area contributed by atoms with Crippen molar-refractivity contribution >= 4 is 17.2 Å². The summed E-state index contributed by atoms with van der Waals surface area (Å²) in [5.41, 5.74) is -0.418. The Morgan fingerprint density at radius 2 is 2.42 bits per heavy atom. The van der Waals surface area contributed by atoms with E-state index in [2.05, 4.69) is 10.6 Å². The molecule has 1 aromatic heterocycles. The van der Waals surface area contributed by atoms with Crippen LogP contribution >= 0.6 is 11.3 Å². The van der Waals surface area contributed by atoms with Crippen LogP contribution in [0.3, 0.4) is 0 Å². The number of thiophene rings is 1. The minimum Gasteiger partial charge on any atom is -0.355 e. The van der Waals surface area contributed by atoms with Crippen molar-refractivity contribution in [2.24, 2.45) is 5.92 Å². The number of nitrogens with one attached hydrogen (secondary N) is 2. The van der Waals surface area contributed by atoms with Crippen LogP contribution in [0.25, 0.3) is 0 Å². The lowest BCUT2D eigenvalue weighted by Crippen LogP contribution is -2.41. The van der Waals surface area contributed by atoms with E-state index >= 15 is 0 Å². The van der Waals surface area contributed by atoms with Gasteiger partial charge in [-0.2, -0.15) is 0 Å². The summed E-state index contributed by atoms with van der Waals surface area (Å²) in [4.78, 5) is 13.4. The molecule has 0 aromatic carbocycles. The molecule has 2 rings (SSSR count). The van der Waals surface area contributed by atoms with Gasteiger partial charge >= 0.3 is 0 Å². The summed E-state index contributed by atoms with van der Waals surface area (Å²) < 4.78 is 0. The molecule has 1 atom stereocenters. The summed E-state index contributed by atoms with van der Waals surface area (Å²) in [7, 11) is 0. The first kappa shape index (κ1) is 14.5. The average Bonchev–Trinajstić information content (AvgIpc) is 2.94. The van der Waals surface area contributed by atoms with Gasteiger partial charge in [0.05, 0.1) is 5.41 Å². The van der Waals surface area contributed by atoms with E-state index in [-0.39, 0.29) is 5.91 Å². The fourth-order valence-corrected chi connectivity index (χ4v) is 3.38. The van der Waals surface area contributed by atoms with E-state index < -0.39 is 5.41 Å². The highest BCUT2D eigenvalue weighted by Gasteiger charge is 2.30. The first-order valence-corrected chi connectivity index (χ1v) is 8.01. The van der Waals surface area contributed by atoms with Gasteiger partial charge in [-0.3, -0.25) is 4.79 Å². The molecule has 1 amide bonds. The molecule has 1 fully saturated rings. The van der Waals surface area contributed by atoms with Crippen molar-refractivity contribution in [1.29, 1.82) is 0 Å². The van der Waals surface area contributed by atoms with E-state index in [1.54, 1.807) is 11.3 Å². The van der Waals surface area contributed by atoms with Crippen LogP contribution in [0.15, 0.2) is 17.5 Å². The van der Waals surface area contributed by atoms with Crippen LogP contribution in [0.5, 0.6) is 0 Å². The van der Waals surface area contributed by atoms with E-state index in [4.69, 9.17) is 0 Å². The largest absolute Gasteiger partial charge is 0.355 e. The molecule has 106 valence electrons. The minimum atomic E-state index is -0.418. The molecule has 1 aliphatic heterocycles. The van der Waals surface area contributed by atoms with Crippen molar-refractivity contribution in [2.45, 2.75) is 38.5 Å². The van der Waals surface area contributed by atoms with E-state index in [9.17, 15) is 4.79 Å². The number of amides is 1. The predicted molar refractivity (Wildman–Crippen MR) is 80.6 cm³/mol. The van der Waals surface area contributed by atoms with Gasteiger partial charge in [-0.1, -0.05) is 6.07 Å². The second-order valence-electron chi connectivity index (χ2n) is 5.86. The van der Waals surface area contributed by atoms with E-state index in [0.717, 1.165) is 36.9 Å². The SMILES string of the molecule is CC(C)(C(=O)NCCC1CCCNC1)c1cccs1. The molecule has 0 spiro atoms. The minimum absolute atomic E-state index is 0.138. The van der Waals surface area contributed by atoms with Crippen molar-refractivity contribution in [3.63, 3.8) is 0 Å². The Balaban J connectivity index is 1.77. The molecule has 19 heavy (non-hydrogen) atoms. The molecule has 0 bridgehead atoms. The third kappa shape index (κ3) is 3.80. The third-order valence-corrected chi connectivity index (χ3v) is 5.14. The predicted octanol–water partition coefficient (Wildman–Crippen LogP) is 2.53. The zero-order valence-electron chi connectivity index (χ0n) is 11.9. The number of piperidine rings is 1. The van der Waals surface area contributed by atoms with Gasteiger partial charge in [-0.05, 0) is 63.6 Å². The normalized spacial score (nSPS) is 20.2. The van der Waals surface area contributed by atoms with Crippen LogP contribution in [-0.4, -0.2) is 25.5 Å². The molecular weight excluding hydrogens is 256 g/mol. The fourth-order valence-electron chi connectivity index (χ4n) is 2.53. The fraction of sp³-hybridized carbons (Fsp3) is 0.667. The summed E-state index contributed by atoms with van der Waals surface area (Å²) in [6, 6.07) is 4.04. The van der Waals surface area contributed by atoms with E-state index in [0.29, 0.717) is 0 Å². The molecule has 2 N–H and O–H groups in total. The Labute approximate surface area is 119 Å². The van der Waals surface area contributed by atoms with Crippen LogP contribution in [0.2, 0.25) is 0 Å². The molecule has 4 heteroatoms. The zero-order chi connectivity index (χ0) is 13.7. The lowest BCUT2D eigenvalue weighted by atomic mass is 9.90. The molecule has 0 aliphatic carbocycles. The summed E-state index contributed by atoms with van der Waals surface area (Å²) in [5, 5.41) is 8.54. The van der Waals surface area contributed by atoms with Gasteiger partial charge in [-0.25, -0.2) is 0 Å². The monoisotopic (exact) mass is 280 g/mol. The van der Waals surface area contributed by atoms with Gasteiger partial charge in [0.2, 0.25) is 5.91 Å². The number of rotatable bonds is 5. The number of hydrogen-bond donors (Lipinski definition) is 2. The number of carbonyl (C=O) groups excluding carboxylic acids is 1.